The van der Waals surface area contributed by atoms with E-state index in [1.807, 2.05) is 6.92 Å². The number of nitrogens with one attached hydrogen (secondary N) is 1. The van der Waals surface area contributed by atoms with E-state index in [4.69, 9.17) is 0 Å². The lowest BCUT2D eigenvalue weighted by molar-refractivity contribution is 0.248. The molecule has 0 radical (unpaired) electrons. The van der Waals surface area contributed by atoms with Crippen LogP contribution in [0, 0.1) is 6.92 Å². The van der Waals surface area contributed by atoms with Crippen molar-refractivity contribution in [3.05, 3.63) is 28.2 Å². The van der Waals surface area contributed by atoms with Crippen molar-refractivity contribution in [3.8, 4) is 0 Å². The molecule has 0 bridgehead atoms. The van der Waals surface area contributed by atoms with Crippen molar-refractivity contribution in [2.75, 3.05) is 20.1 Å². The molecule has 0 aliphatic carbocycles. The molecule has 1 aromatic rings. The average molecular weight is 347 g/mol. The minimum atomic E-state index is -3.41. The Labute approximate surface area is 123 Å². The van der Waals surface area contributed by atoms with Crippen LogP contribution in [-0.4, -0.2) is 39.5 Å². The third-order valence-corrected chi connectivity index (χ3v) is 5.89. The van der Waals surface area contributed by atoms with Crippen molar-refractivity contribution in [1.82, 2.24) is 9.62 Å². The zero-order valence-corrected chi connectivity index (χ0v) is 13.6. The van der Waals surface area contributed by atoms with Crippen LogP contribution in [0.2, 0.25) is 0 Å². The van der Waals surface area contributed by atoms with Gasteiger partial charge in [-0.25, -0.2) is 13.1 Å². The molecule has 0 saturated carbocycles. The summed E-state index contributed by atoms with van der Waals surface area (Å²) in [6.45, 7) is 3.76. The molecule has 1 aliphatic rings. The maximum absolute atomic E-state index is 12.3. The van der Waals surface area contributed by atoms with E-state index in [0.29, 0.717) is 4.90 Å². The van der Waals surface area contributed by atoms with Gasteiger partial charge in [0.2, 0.25) is 10.0 Å². The van der Waals surface area contributed by atoms with Crippen molar-refractivity contribution >= 4 is 26.0 Å². The van der Waals surface area contributed by atoms with Gasteiger partial charge in [0.1, 0.15) is 0 Å². The van der Waals surface area contributed by atoms with Crippen molar-refractivity contribution in [1.29, 1.82) is 0 Å². The standard InChI is InChI=1S/C13H19BrN2O2S/c1-10-9-12(3-4-13(10)14)19(17,18)15-11-5-7-16(2)8-6-11/h3-4,9,11,15H,5-8H2,1-2H3. The lowest BCUT2D eigenvalue weighted by Gasteiger charge is -2.29. The quantitative estimate of drug-likeness (QED) is 0.911. The summed E-state index contributed by atoms with van der Waals surface area (Å²) < 4.78 is 28.3. The first-order valence-electron chi connectivity index (χ1n) is 6.35. The summed E-state index contributed by atoms with van der Waals surface area (Å²) in [4.78, 5) is 2.56. The molecule has 2 rings (SSSR count). The Morgan fingerprint density at radius 3 is 2.53 bits per heavy atom. The molecule has 1 N–H and O–H groups in total. The topological polar surface area (TPSA) is 49.4 Å². The molecule has 0 spiro atoms. The number of aryl methyl sites for hydroxylation is 1. The largest absolute Gasteiger partial charge is 0.306 e. The predicted molar refractivity (Wildman–Crippen MR) is 79.7 cm³/mol. The first kappa shape index (κ1) is 15.0. The summed E-state index contributed by atoms with van der Waals surface area (Å²) in [6.07, 6.45) is 1.73. The second-order valence-electron chi connectivity index (χ2n) is 5.11. The number of nitrogens with zero attached hydrogens (tertiary/aromatic N) is 1. The summed E-state index contributed by atoms with van der Waals surface area (Å²) >= 11 is 3.38. The normalized spacial score (nSPS) is 18.7. The Bertz CT molecular complexity index is 552. The van der Waals surface area contributed by atoms with Gasteiger partial charge in [-0.3, -0.25) is 0 Å². The van der Waals surface area contributed by atoms with Gasteiger partial charge in [-0.05, 0) is 63.7 Å². The van der Waals surface area contributed by atoms with Crippen LogP contribution in [0.15, 0.2) is 27.6 Å². The maximum Gasteiger partial charge on any atom is 0.240 e. The van der Waals surface area contributed by atoms with E-state index in [1.165, 1.54) is 0 Å². The molecule has 1 aromatic carbocycles. The van der Waals surface area contributed by atoms with Crippen molar-refractivity contribution in [2.45, 2.75) is 30.7 Å². The second kappa shape index (κ2) is 5.91. The monoisotopic (exact) mass is 346 g/mol. The molecule has 19 heavy (non-hydrogen) atoms. The first-order valence-corrected chi connectivity index (χ1v) is 8.63. The van der Waals surface area contributed by atoms with E-state index in [2.05, 4.69) is 32.6 Å². The highest BCUT2D eigenvalue weighted by atomic mass is 79.9. The number of likely N-dealkylation sites (tertiary alicyclic amines) is 1. The van der Waals surface area contributed by atoms with E-state index in [9.17, 15) is 8.42 Å². The summed E-state index contributed by atoms with van der Waals surface area (Å²) in [5.41, 5.74) is 0.922. The van der Waals surface area contributed by atoms with E-state index in [-0.39, 0.29) is 6.04 Å². The summed E-state index contributed by atoms with van der Waals surface area (Å²) in [6, 6.07) is 5.15. The molecule has 1 fully saturated rings. The van der Waals surface area contributed by atoms with Crippen molar-refractivity contribution < 1.29 is 8.42 Å². The van der Waals surface area contributed by atoms with Gasteiger partial charge < -0.3 is 4.90 Å². The first-order chi connectivity index (χ1) is 8.88. The van der Waals surface area contributed by atoms with Gasteiger partial charge in [-0.15, -0.1) is 0 Å². The Balaban J connectivity index is 2.11. The van der Waals surface area contributed by atoms with Gasteiger partial charge in [-0.2, -0.15) is 0 Å². The highest BCUT2D eigenvalue weighted by Gasteiger charge is 2.23. The highest BCUT2D eigenvalue weighted by Crippen LogP contribution is 2.21. The zero-order valence-electron chi connectivity index (χ0n) is 11.2. The van der Waals surface area contributed by atoms with Crippen LogP contribution in [0.1, 0.15) is 18.4 Å². The maximum atomic E-state index is 12.3. The van der Waals surface area contributed by atoms with E-state index >= 15 is 0 Å². The average Bonchev–Trinajstić information content (AvgIpc) is 2.35. The summed E-state index contributed by atoms with van der Waals surface area (Å²) in [5, 5.41) is 0. The summed E-state index contributed by atoms with van der Waals surface area (Å²) in [5.74, 6) is 0. The number of benzene rings is 1. The number of sulfonamides is 1. The molecule has 1 heterocycles. The van der Waals surface area contributed by atoms with Crippen LogP contribution in [0.5, 0.6) is 0 Å². The lowest BCUT2D eigenvalue weighted by atomic mass is 10.1. The molecule has 6 heteroatoms. The minimum Gasteiger partial charge on any atom is -0.306 e. The van der Waals surface area contributed by atoms with Crippen molar-refractivity contribution in [3.63, 3.8) is 0 Å². The Morgan fingerprint density at radius 1 is 1.32 bits per heavy atom. The smallest absolute Gasteiger partial charge is 0.240 e. The molecule has 0 atom stereocenters. The SMILES string of the molecule is Cc1cc(S(=O)(=O)NC2CCN(C)CC2)ccc1Br. The molecule has 0 amide bonds. The Hall–Kier alpha value is -0.430. The number of rotatable bonds is 3. The third-order valence-electron chi connectivity index (χ3n) is 3.48. The van der Waals surface area contributed by atoms with Gasteiger partial charge in [0, 0.05) is 10.5 Å². The van der Waals surface area contributed by atoms with Gasteiger partial charge in [-0.1, -0.05) is 15.9 Å². The zero-order chi connectivity index (χ0) is 14.0. The molecular weight excluding hydrogens is 328 g/mol. The molecule has 4 nitrogen and oxygen atoms in total. The van der Waals surface area contributed by atoms with Crippen LogP contribution in [0.25, 0.3) is 0 Å². The predicted octanol–water partition coefficient (Wildman–Crippen LogP) is 2.13. The fourth-order valence-electron chi connectivity index (χ4n) is 2.20. The minimum absolute atomic E-state index is 0.0464. The third kappa shape index (κ3) is 3.78. The Kier molecular flexibility index (Phi) is 4.66. The fourth-order valence-corrected chi connectivity index (χ4v) is 3.83. The van der Waals surface area contributed by atoms with Crippen LogP contribution in [0.3, 0.4) is 0 Å². The van der Waals surface area contributed by atoms with Crippen LogP contribution in [0.4, 0.5) is 0 Å². The summed E-state index contributed by atoms with van der Waals surface area (Å²) in [7, 11) is -1.35. The van der Waals surface area contributed by atoms with Gasteiger partial charge >= 0.3 is 0 Å². The molecular formula is C13H19BrN2O2S. The fraction of sp³-hybridized carbons (Fsp3) is 0.538. The number of hydrogen-bond donors (Lipinski definition) is 1. The molecule has 0 unspecified atom stereocenters. The molecule has 1 aliphatic heterocycles. The highest BCUT2D eigenvalue weighted by molar-refractivity contribution is 9.10. The van der Waals surface area contributed by atoms with E-state index in [0.717, 1.165) is 36.0 Å². The van der Waals surface area contributed by atoms with E-state index < -0.39 is 10.0 Å². The van der Waals surface area contributed by atoms with Gasteiger partial charge in [0.05, 0.1) is 4.90 Å². The number of halogens is 1. The molecule has 106 valence electrons. The van der Waals surface area contributed by atoms with Crippen molar-refractivity contribution in [2.24, 2.45) is 0 Å². The molecule has 0 aromatic heterocycles. The van der Waals surface area contributed by atoms with Gasteiger partial charge in [0.25, 0.3) is 0 Å². The number of hydrogen-bond acceptors (Lipinski definition) is 3. The van der Waals surface area contributed by atoms with Crippen LogP contribution < -0.4 is 4.72 Å². The van der Waals surface area contributed by atoms with Crippen LogP contribution >= 0.6 is 15.9 Å². The van der Waals surface area contributed by atoms with Gasteiger partial charge in [0.15, 0.2) is 0 Å². The Morgan fingerprint density at radius 2 is 1.95 bits per heavy atom. The second-order valence-corrected chi connectivity index (χ2v) is 7.68. The lowest BCUT2D eigenvalue weighted by Crippen LogP contribution is -2.43. The van der Waals surface area contributed by atoms with Crippen LogP contribution in [-0.2, 0) is 10.0 Å². The molecule has 1 saturated heterocycles. The number of piperidine rings is 1. The van der Waals surface area contributed by atoms with E-state index in [1.54, 1.807) is 18.2 Å².